The van der Waals surface area contributed by atoms with Crippen LogP contribution in [-0.2, 0) is 13.0 Å². The van der Waals surface area contributed by atoms with Crippen molar-refractivity contribution in [3.63, 3.8) is 0 Å². The number of hydrogen-bond donors (Lipinski definition) is 0. The Hall–Kier alpha value is -3.80. The van der Waals surface area contributed by atoms with Gasteiger partial charge < -0.3 is 4.90 Å². The van der Waals surface area contributed by atoms with Crippen molar-refractivity contribution in [1.82, 2.24) is 24.6 Å². The first kappa shape index (κ1) is 18.6. The zero-order valence-electron chi connectivity index (χ0n) is 15.9. The first-order chi connectivity index (χ1) is 14.3. The first-order valence-electron chi connectivity index (χ1n) is 9.49. The Bertz CT molecular complexity index is 1050. The lowest BCUT2D eigenvalue weighted by molar-refractivity contribution is 0.0738. The molecule has 3 heterocycles. The van der Waals surface area contributed by atoms with Crippen LogP contribution in [0, 0.1) is 0 Å². The third-order valence-corrected chi connectivity index (χ3v) is 4.60. The van der Waals surface area contributed by atoms with Crippen LogP contribution in [0.3, 0.4) is 0 Å². The molecule has 0 saturated heterocycles. The summed E-state index contributed by atoms with van der Waals surface area (Å²) in [6.07, 6.45) is 7.73. The normalized spacial score (nSPS) is 10.6. The molecule has 0 unspecified atom stereocenters. The lowest BCUT2D eigenvalue weighted by atomic mass is 10.2. The van der Waals surface area contributed by atoms with Gasteiger partial charge in [0.2, 0.25) is 0 Å². The van der Waals surface area contributed by atoms with Gasteiger partial charge in [-0.1, -0.05) is 24.3 Å². The molecule has 1 amide bonds. The van der Waals surface area contributed by atoms with E-state index in [4.69, 9.17) is 0 Å². The predicted octanol–water partition coefficient (Wildman–Crippen LogP) is 3.55. The minimum Gasteiger partial charge on any atom is -0.333 e. The van der Waals surface area contributed by atoms with Crippen LogP contribution in [0.1, 0.15) is 21.7 Å². The van der Waals surface area contributed by atoms with Crippen LogP contribution >= 0.6 is 0 Å². The molecule has 0 radical (unpaired) electrons. The van der Waals surface area contributed by atoms with Crippen molar-refractivity contribution in [3.05, 3.63) is 108 Å². The van der Waals surface area contributed by atoms with Crippen molar-refractivity contribution < 1.29 is 4.79 Å². The standard InChI is InChI=1S/C23H21N5O/c29-23(22-12-17-28(26-22)21-7-2-1-3-8-21)27(18-19-9-14-24-15-10-19)16-11-20-6-4-5-13-25-20/h1-10,12-15,17H,11,16,18H2. The van der Waals surface area contributed by atoms with Crippen LogP contribution in [0.15, 0.2) is 91.5 Å². The zero-order valence-corrected chi connectivity index (χ0v) is 15.9. The molecule has 0 saturated carbocycles. The highest BCUT2D eigenvalue weighted by Crippen LogP contribution is 2.12. The summed E-state index contributed by atoms with van der Waals surface area (Å²) >= 11 is 0. The van der Waals surface area contributed by atoms with Gasteiger partial charge in [0, 0.05) is 50.0 Å². The second kappa shape index (κ2) is 8.93. The van der Waals surface area contributed by atoms with E-state index in [-0.39, 0.29) is 5.91 Å². The highest BCUT2D eigenvalue weighted by molar-refractivity contribution is 5.92. The molecule has 0 aliphatic rings. The van der Waals surface area contributed by atoms with E-state index >= 15 is 0 Å². The second-order valence-electron chi connectivity index (χ2n) is 6.63. The molecule has 3 aromatic heterocycles. The molecule has 6 heteroatoms. The Morgan fingerprint density at radius 3 is 2.45 bits per heavy atom. The largest absolute Gasteiger partial charge is 0.333 e. The molecule has 144 valence electrons. The van der Waals surface area contributed by atoms with Crippen LogP contribution in [0.25, 0.3) is 5.69 Å². The summed E-state index contributed by atoms with van der Waals surface area (Å²) in [5, 5.41) is 4.50. The van der Waals surface area contributed by atoms with Gasteiger partial charge in [-0.15, -0.1) is 0 Å². The molecule has 0 spiro atoms. The monoisotopic (exact) mass is 383 g/mol. The summed E-state index contributed by atoms with van der Waals surface area (Å²) < 4.78 is 1.72. The van der Waals surface area contributed by atoms with Gasteiger partial charge in [-0.25, -0.2) is 4.68 Å². The van der Waals surface area contributed by atoms with Crippen LogP contribution in [0.4, 0.5) is 0 Å². The molecule has 4 rings (SSSR count). The fourth-order valence-corrected chi connectivity index (χ4v) is 3.08. The molecule has 6 nitrogen and oxygen atoms in total. The number of nitrogens with zero attached hydrogens (tertiary/aromatic N) is 5. The number of aromatic nitrogens is 4. The van der Waals surface area contributed by atoms with E-state index in [2.05, 4.69) is 15.1 Å². The van der Waals surface area contributed by atoms with Gasteiger partial charge in [-0.05, 0) is 48.0 Å². The first-order valence-corrected chi connectivity index (χ1v) is 9.49. The molecular weight excluding hydrogens is 362 g/mol. The smallest absolute Gasteiger partial charge is 0.274 e. The van der Waals surface area contributed by atoms with Crippen LogP contribution < -0.4 is 0 Å². The second-order valence-corrected chi connectivity index (χ2v) is 6.63. The summed E-state index contributed by atoms with van der Waals surface area (Å²) in [6, 6.07) is 21.2. The molecule has 1 aromatic carbocycles. The molecule has 0 atom stereocenters. The number of hydrogen-bond acceptors (Lipinski definition) is 4. The van der Waals surface area contributed by atoms with Crippen molar-refractivity contribution in [1.29, 1.82) is 0 Å². The van der Waals surface area contributed by atoms with Crippen molar-refractivity contribution in [2.75, 3.05) is 6.54 Å². The molecular formula is C23H21N5O. The maximum atomic E-state index is 13.2. The fraction of sp³-hybridized carbons (Fsp3) is 0.130. The summed E-state index contributed by atoms with van der Waals surface area (Å²) in [7, 11) is 0. The number of amides is 1. The van der Waals surface area contributed by atoms with E-state index in [0.717, 1.165) is 16.9 Å². The van der Waals surface area contributed by atoms with E-state index in [0.29, 0.717) is 25.2 Å². The van der Waals surface area contributed by atoms with Crippen LogP contribution in [0.2, 0.25) is 0 Å². The molecule has 0 bridgehead atoms. The van der Waals surface area contributed by atoms with Crippen molar-refractivity contribution in [2.45, 2.75) is 13.0 Å². The van der Waals surface area contributed by atoms with E-state index in [9.17, 15) is 4.79 Å². The van der Waals surface area contributed by atoms with Crippen molar-refractivity contribution >= 4 is 5.91 Å². The predicted molar refractivity (Wildman–Crippen MR) is 110 cm³/mol. The number of carbonyl (C=O) groups excluding carboxylic acids is 1. The van der Waals surface area contributed by atoms with E-state index in [1.54, 1.807) is 29.3 Å². The molecule has 0 aliphatic carbocycles. The lowest BCUT2D eigenvalue weighted by Crippen LogP contribution is -2.33. The zero-order chi connectivity index (χ0) is 19.9. The highest BCUT2D eigenvalue weighted by atomic mass is 16.2. The van der Waals surface area contributed by atoms with Crippen LogP contribution in [-0.4, -0.2) is 37.1 Å². The Labute approximate surface area is 169 Å². The molecule has 0 fully saturated rings. The SMILES string of the molecule is O=C(c1ccn(-c2ccccc2)n1)N(CCc1ccccn1)Cc1ccncc1. The lowest BCUT2D eigenvalue weighted by Gasteiger charge is -2.22. The Kier molecular flexibility index (Phi) is 5.71. The average molecular weight is 383 g/mol. The highest BCUT2D eigenvalue weighted by Gasteiger charge is 2.19. The summed E-state index contributed by atoms with van der Waals surface area (Å²) in [5.41, 5.74) is 3.32. The van der Waals surface area contributed by atoms with E-state index < -0.39 is 0 Å². The van der Waals surface area contributed by atoms with Gasteiger partial charge in [-0.3, -0.25) is 14.8 Å². The Morgan fingerprint density at radius 1 is 0.897 bits per heavy atom. The number of para-hydroxylation sites is 1. The van der Waals surface area contributed by atoms with Gasteiger partial charge in [0.1, 0.15) is 0 Å². The minimum absolute atomic E-state index is 0.104. The third kappa shape index (κ3) is 4.73. The van der Waals surface area contributed by atoms with Gasteiger partial charge in [-0.2, -0.15) is 5.10 Å². The number of carbonyl (C=O) groups is 1. The van der Waals surface area contributed by atoms with Gasteiger partial charge in [0.25, 0.3) is 5.91 Å². The Balaban J connectivity index is 1.54. The van der Waals surface area contributed by atoms with Crippen LogP contribution in [0.5, 0.6) is 0 Å². The summed E-state index contributed by atoms with van der Waals surface area (Å²) in [4.78, 5) is 23.5. The number of benzene rings is 1. The fourth-order valence-electron chi connectivity index (χ4n) is 3.08. The summed E-state index contributed by atoms with van der Waals surface area (Å²) in [5.74, 6) is -0.104. The summed E-state index contributed by atoms with van der Waals surface area (Å²) in [6.45, 7) is 1.04. The van der Waals surface area contributed by atoms with Gasteiger partial charge in [0.05, 0.1) is 5.69 Å². The molecule has 4 aromatic rings. The number of rotatable bonds is 7. The molecule has 29 heavy (non-hydrogen) atoms. The molecule has 0 N–H and O–H groups in total. The average Bonchev–Trinajstić information content (AvgIpc) is 3.28. The number of pyridine rings is 2. The third-order valence-electron chi connectivity index (χ3n) is 4.60. The Morgan fingerprint density at radius 2 is 1.69 bits per heavy atom. The van der Waals surface area contributed by atoms with E-state index in [1.807, 2.05) is 71.8 Å². The van der Waals surface area contributed by atoms with E-state index in [1.165, 1.54) is 0 Å². The van der Waals surface area contributed by atoms with Crippen molar-refractivity contribution in [2.24, 2.45) is 0 Å². The maximum Gasteiger partial charge on any atom is 0.274 e. The van der Waals surface area contributed by atoms with Crippen molar-refractivity contribution in [3.8, 4) is 5.69 Å². The molecule has 0 aliphatic heterocycles. The van der Waals surface area contributed by atoms with Gasteiger partial charge >= 0.3 is 0 Å². The topological polar surface area (TPSA) is 63.9 Å². The maximum absolute atomic E-state index is 13.2. The van der Waals surface area contributed by atoms with Gasteiger partial charge in [0.15, 0.2) is 5.69 Å². The quantitative estimate of drug-likeness (QED) is 0.490. The minimum atomic E-state index is -0.104.